The van der Waals surface area contributed by atoms with E-state index >= 15 is 0 Å². The van der Waals surface area contributed by atoms with Crippen molar-refractivity contribution in [1.29, 1.82) is 0 Å². The van der Waals surface area contributed by atoms with Gasteiger partial charge in [-0.3, -0.25) is 0 Å². The normalized spacial score (nSPS) is 10.7. The average Bonchev–Trinajstić information content (AvgIpc) is 0.792. The average molecular weight is 1770 g/mol. The zero-order valence-electron chi connectivity index (χ0n) is 81.2. The molecule has 12 nitrogen and oxygen atoms in total. The maximum atomic E-state index is 12.7. The molecule has 4 aromatic carbocycles. The zero-order valence-corrected chi connectivity index (χ0v) is 81.2. The molecule has 0 aromatic heterocycles. The summed E-state index contributed by atoms with van der Waals surface area (Å²) in [7, 11) is 0. The van der Waals surface area contributed by atoms with Gasteiger partial charge in [-0.05, 0) is 170 Å². The molecular weight excluding hydrogens is 1560 g/mol. The molecule has 0 spiro atoms. The summed E-state index contributed by atoms with van der Waals surface area (Å²) in [6.07, 6.45) is 45.4. The highest BCUT2D eigenvalue weighted by Crippen LogP contribution is 2.44. The highest BCUT2D eigenvalue weighted by atomic mass is 16.5. The fourth-order valence-electron chi connectivity index (χ4n) is 12.9. The van der Waals surface area contributed by atoms with Crippen molar-refractivity contribution in [2.24, 2.45) is 0 Å². The molecular formula is C114H208O12. The van der Waals surface area contributed by atoms with Crippen LogP contribution in [0, 0.1) is 155 Å². The van der Waals surface area contributed by atoms with E-state index in [2.05, 4.69) is 198 Å². The molecule has 126 heavy (non-hydrogen) atoms. The van der Waals surface area contributed by atoms with Crippen LogP contribution < -0.4 is 0 Å². The number of carbonyl (C=O) groups is 4. The standard InChI is InChI=1S/C33H22O3.C31H54O3.C27H46O3.C23H22O3.32H2/c1-8-9-10-11-12-13-14-15-16-17-18-19-20-21-22-23-24-36-31(35)27-25-28(32(2,3)4)30(34)29(26-27)33(5,6)7;1-8-9-10-11-12-13-14-15-16-17-18-19-20-21-22-34-29(33)25-23-26(30(2,3)4)28(32)27(24-25)31(5,6)7;1-8-9-10-11-12-13-14-15-16-17-18-30-25(29)21-19-22(26(2,3)4)24(28)23(20-21)27(5,6)7;1-8-9-10-11-12-13-14-26-21(25)17-15-18(22(2,3)4)20(24)19(16-17)23(5,6)7;;;;;;;;;;;;;;;;;;;;;;;;;;;;;;;;/h1,25-26,34H,2-7H3;23-24,32H,8-22H2,1-7H3;19-20,28H,8-18H2,1-7H3;1,15-16,24H,2-7H3;32*1H. The number of unbranched alkanes of at least 4 members (excludes halogenated alkanes) is 22. The van der Waals surface area contributed by atoms with Crippen molar-refractivity contribution >= 4 is 23.9 Å². The molecule has 0 aliphatic carbocycles. The van der Waals surface area contributed by atoms with Crippen LogP contribution in [0.2, 0.25) is 0 Å². The summed E-state index contributed by atoms with van der Waals surface area (Å²) in [5.41, 5.74) is 5.10. The van der Waals surface area contributed by atoms with Gasteiger partial charge in [0.25, 0.3) is 0 Å². The molecule has 0 aliphatic rings. The van der Waals surface area contributed by atoms with E-state index in [9.17, 15) is 39.6 Å². The Morgan fingerprint density at radius 1 is 0.246 bits per heavy atom. The van der Waals surface area contributed by atoms with Crippen molar-refractivity contribution in [1.82, 2.24) is 0 Å². The Hall–Kier alpha value is -11.8. The number of esters is 4. The third-order valence-electron chi connectivity index (χ3n) is 20.0. The lowest BCUT2D eigenvalue weighted by atomic mass is 9.78. The van der Waals surface area contributed by atoms with E-state index in [1.165, 1.54) is 128 Å². The molecule has 12 heteroatoms. The Balaban J connectivity index is -0.0000000420. The molecule has 0 fully saturated rings. The van der Waals surface area contributed by atoms with E-state index in [1.807, 2.05) is 125 Å². The van der Waals surface area contributed by atoms with E-state index in [1.54, 1.807) is 48.5 Å². The first-order valence-electron chi connectivity index (χ1n) is 44.6. The van der Waals surface area contributed by atoms with Gasteiger partial charge in [-0.15, -0.1) is 12.8 Å². The summed E-state index contributed by atoms with van der Waals surface area (Å²) < 4.78 is 21.1. The number of rotatable bonds is 30. The Morgan fingerprint density at radius 2 is 0.397 bits per heavy atom. The number of carbonyl (C=O) groups excluding carboxylic acids is 4. The van der Waals surface area contributed by atoms with E-state index in [0.29, 0.717) is 69.2 Å². The molecule has 0 radical (unpaired) electrons. The quantitative estimate of drug-likeness (QED) is 0.0168. The second kappa shape index (κ2) is 57.0. The minimum absolute atomic E-state index is 0. The maximum absolute atomic E-state index is 12.7. The summed E-state index contributed by atoms with van der Waals surface area (Å²) in [6, 6.07) is 13.7. The SMILES string of the molecule is C#CC#CC#CC#CC#CC#CC#CC#CC#COC(=O)c1cc(C(C)(C)C)c(O)c(C(C)(C)C)c1.C#CC#CC#CC#COC(=O)c1cc(C(C)(C)C)c(O)c(C(C)(C)C)c1.CCCCCCCCCCCCCCCCOC(=O)c1cc(C(C)(C)C)c(O)c(C(C)(C)C)c1.CCCCCCCCCCCCOC(=O)c1cc(C(C)(C)C)c(O)c(C(C)(C)C)c1.[HH].[HH].[HH].[HH].[HH].[HH].[HH].[HH].[HH].[HH].[HH].[HH].[HH].[HH].[HH].[HH].[HH].[HH].[HH].[HH].[HH].[HH].[HH].[HH].[HH].[HH].[HH].[HH].[HH].[HH].[HH].[HH]. The van der Waals surface area contributed by atoms with E-state index in [-0.39, 0.29) is 112 Å². The number of phenolic OH excluding ortho intramolecular Hbond substituents is 4. The third-order valence-corrected chi connectivity index (χ3v) is 20.0. The molecule has 0 amide bonds. The first-order valence-corrected chi connectivity index (χ1v) is 44.6. The van der Waals surface area contributed by atoms with Crippen LogP contribution >= 0.6 is 0 Å². The lowest BCUT2D eigenvalue weighted by Crippen LogP contribution is -2.19. The van der Waals surface area contributed by atoms with Gasteiger partial charge in [0.15, 0.2) is 0 Å². The first kappa shape index (κ1) is 112. The largest absolute Gasteiger partial charge is 0.507 e. The van der Waals surface area contributed by atoms with Crippen molar-refractivity contribution < 1.29 is 104 Å². The second-order valence-corrected chi connectivity index (χ2v) is 39.5. The molecule has 4 N–H and O–H groups in total. The molecule has 736 valence electrons. The molecule has 0 saturated carbocycles. The van der Waals surface area contributed by atoms with Gasteiger partial charge in [0.05, 0.1) is 35.5 Å². The molecule has 4 aromatic rings. The molecule has 0 atom stereocenters. The number of ether oxygens (including phenoxy) is 4. The summed E-state index contributed by atoms with van der Waals surface area (Å²) in [5.74, 6) is 52.1. The van der Waals surface area contributed by atoms with Crippen LogP contribution in [-0.4, -0.2) is 57.5 Å². The number of benzene rings is 4. The molecule has 0 heterocycles. The fraction of sp³-hybridized carbons (Fsp3) is 0.526. The summed E-state index contributed by atoms with van der Waals surface area (Å²) in [4.78, 5) is 50.3. The highest BCUT2D eigenvalue weighted by Gasteiger charge is 2.33. The van der Waals surface area contributed by atoms with E-state index in [0.717, 1.165) is 47.9 Å². The van der Waals surface area contributed by atoms with Crippen molar-refractivity contribution in [3.63, 3.8) is 0 Å². The Bertz CT molecular complexity index is 5090. The van der Waals surface area contributed by atoms with Crippen molar-refractivity contribution in [3.05, 3.63) is 115 Å². The predicted octanol–water partition coefficient (Wildman–Crippen LogP) is 33.1. The van der Waals surface area contributed by atoms with Crippen LogP contribution in [0.15, 0.2) is 48.5 Å². The maximum Gasteiger partial charge on any atom is 0.352 e. The van der Waals surface area contributed by atoms with Crippen LogP contribution in [0.3, 0.4) is 0 Å². The minimum atomic E-state index is -0.634. The minimum Gasteiger partial charge on any atom is -0.507 e. The predicted molar refractivity (Wildman–Crippen MR) is 586 cm³/mol. The van der Waals surface area contributed by atoms with Crippen LogP contribution in [0.25, 0.3) is 0 Å². The summed E-state index contributed by atoms with van der Waals surface area (Å²) in [6.45, 7) is 53.6. The number of hydrogen-bond donors (Lipinski definition) is 4. The fourth-order valence-corrected chi connectivity index (χ4v) is 12.9. The number of hydrogen-bond acceptors (Lipinski definition) is 12. The lowest BCUT2D eigenvalue weighted by Gasteiger charge is -2.28. The molecule has 4 rings (SSSR count). The van der Waals surface area contributed by atoms with E-state index in [4.69, 9.17) is 31.8 Å². The highest BCUT2D eigenvalue weighted by molar-refractivity contribution is 5.93. The number of phenols is 4. The molecule has 0 unspecified atom stereocenters. The first-order chi connectivity index (χ1) is 58.9. The number of terminal acetylenes is 2. The van der Waals surface area contributed by atoms with Gasteiger partial charge in [-0.1, -0.05) is 321 Å². The van der Waals surface area contributed by atoms with Gasteiger partial charge in [0.1, 0.15) is 35.2 Å². The van der Waals surface area contributed by atoms with Crippen LogP contribution in [-0.2, 0) is 62.3 Å². The van der Waals surface area contributed by atoms with Crippen LogP contribution in [0.5, 0.6) is 23.0 Å². The zero-order chi connectivity index (χ0) is 95.4. The van der Waals surface area contributed by atoms with Crippen molar-refractivity contribution in [2.75, 3.05) is 13.2 Å². The molecule has 0 aliphatic heterocycles. The lowest BCUT2D eigenvalue weighted by molar-refractivity contribution is 0.0488. The van der Waals surface area contributed by atoms with Gasteiger partial charge in [-0.25, -0.2) is 19.2 Å². The van der Waals surface area contributed by atoms with Crippen LogP contribution in [0.4, 0.5) is 0 Å². The summed E-state index contributed by atoms with van der Waals surface area (Å²) >= 11 is 0. The number of aromatic hydroxyl groups is 4. The Morgan fingerprint density at radius 3 is 0.563 bits per heavy atom. The van der Waals surface area contributed by atoms with Gasteiger partial charge in [0.2, 0.25) is 0 Å². The summed E-state index contributed by atoms with van der Waals surface area (Å²) in [5, 5.41) is 43.0. The van der Waals surface area contributed by atoms with Crippen molar-refractivity contribution in [3.8, 4) is 178 Å². The van der Waals surface area contributed by atoms with E-state index < -0.39 is 11.9 Å². The molecule has 0 saturated heterocycles. The Labute approximate surface area is 809 Å². The van der Waals surface area contributed by atoms with Gasteiger partial charge in [-0.2, -0.15) is 0 Å². The Kier molecular flexibility index (Phi) is 50.8. The van der Waals surface area contributed by atoms with Gasteiger partial charge >= 0.3 is 23.9 Å². The third kappa shape index (κ3) is 45.7. The van der Waals surface area contributed by atoms with Crippen molar-refractivity contribution in [2.45, 2.75) is 377 Å². The van der Waals surface area contributed by atoms with Crippen LogP contribution in [0.1, 0.15) is 466 Å². The smallest absolute Gasteiger partial charge is 0.352 e. The second-order valence-electron chi connectivity index (χ2n) is 39.5. The molecule has 0 bridgehead atoms. The monoisotopic (exact) mass is 1770 g/mol. The van der Waals surface area contributed by atoms with Gasteiger partial charge < -0.3 is 39.4 Å². The topological polar surface area (TPSA) is 186 Å². The van der Waals surface area contributed by atoms with Gasteiger partial charge in [0, 0.05) is 155 Å².